The lowest BCUT2D eigenvalue weighted by molar-refractivity contribution is 0.263. The van der Waals surface area contributed by atoms with Crippen molar-refractivity contribution in [3.63, 3.8) is 0 Å². The SMILES string of the molecule is Cc1nsc(N2CC[C@@H](Nc3nc4c(-c5ccc(F)c(F)c5)cccn4n3)[C@@H](F)C2)n1. The van der Waals surface area contributed by atoms with Crippen molar-refractivity contribution in [1.29, 1.82) is 0 Å². The fourth-order valence-corrected chi connectivity index (χ4v) is 4.39. The summed E-state index contributed by atoms with van der Waals surface area (Å²) >= 11 is 1.27. The Bertz CT molecular complexity index is 1240. The fraction of sp³-hybridized carbons (Fsp3) is 0.300. The molecule has 31 heavy (non-hydrogen) atoms. The second kappa shape index (κ2) is 7.80. The number of piperidine rings is 1. The molecule has 1 fully saturated rings. The van der Waals surface area contributed by atoms with Gasteiger partial charge in [0.25, 0.3) is 0 Å². The van der Waals surface area contributed by atoms with E-state index in [1.807, 2.05) is 11.8 Å². The summed E-state index contributed by atoms with van der Waals surface area (Å²) in [5.41, 5.74) is 1.54. The molecule has 1 aliphatic rings. The quantitative estimate of drug-likeness (QED) is 0.514. The molecule has 160 valence electrons. The Hall–Kier alpha value is -3.21. The van der Waals surface area contributed by atoms with Crippen molar-refractivity contribution in [2.45, 2.75) is 25.6 Å². The largest absolute Gasteiger partial charge is 0.347 e. The second-order valence-electron chi connectivity index (χ2n) is 7.38. The number of nitrogens with zero attached hydrogens (tertiary/aromatic N) is 6. The molecule has 0 radical (unpaired) electrons. The van der Waals surface area contributed by atoms with Gasteiger partial charge in [0, 0.05) is 29.8 Å². The maximum atomic E-state index is 14.9. The number of nitrogens with one attached hydrogen (secondary N) is 1. The zero-order valence-electron chi connectivity index (χ0n) is 16.5. The van der Waals surface area contributed by atoms with E-state index in [-0.39, 0.29) is 12.5 Å². The molecular formula is C20H18F3N7S. The highest BCUT2D eigenvalue weighted by Crippen LogP contribution is 2.27. The molecule has 5 rings (SSSR count). The number of pyridine rings is 1. The summed E-state index contributed by atoms with van der Waals surface area (Å²) in [6, 6.07) is 6.72. The lowest BCUT2D eigenvalue weighted by atomic mass is 10.0. The van der Waals surface area contributed by atoms with Gasteiger partial charge in [-0.25, -0.2) is 22.7 Å². The van der Waals surface area contributed by atoms with E-state index in [1.165, 1.54) is 22.1 Å². The van der Waals surface area contributed by atoms with Crippen molar-refractivity contribution in [2.75, 3.05) is 23.3 Å². The van der Waals surface area contributed by atoms with Gasteiger partial charge in [-0.15, -0.1) is 5.10 Å². The minimum absolute atomic E-state index is 0.208. The van der Waals surface area contributed by atoms with Gasteiger partial charge in [0.05, 0.1) is 12.6 Å². The van der Waals surface area contributed by atoms with Crippen LogP contribution in [0.4, 0.5) is 24.3 Å². The monoisotopic (exact) mass is 445 g/mol. The van der Waals surface area contributed by atoms with E-state index in [4.69, 9.17) is 0 Å². The number of anilines is 2. The van der Waals surface area contributed by atoms with Crippen LogP contribution in [0.25, 0.3) is 16.8 Å². The van der Waals surface area contributed by atoms with Crippen molar-refractivity contribution in [1.82, 2.24) is 24.0 Å². The predicted octanol–water partition coefficient (Wildman–Crippen LogP) is 3.86. The van der Waals surface area contributed by atoms with E-state index in [9.17, 15) is 13.2 Å². The van der Waals surface area contributed by atoms with Crippen LogP contribution >= 0.6 is 11.5 Å². The van der Waals surface area contributed by atoms with Gasteiger partial charge < -0.3 is 10.2 Å². The lowest BCUT2D eigenvalue weighted by Gasteiger charge is -2.34. The third-order valence-corrected chi connectivity index (χ3v) is 6.10. The molecule has 4 aromatic rings. The van der Waals surface area contributed by atoms with Crippen LogP contribution in [0.5, 0.6) is 0 Å². The maximum absolute atomic E-state index is 14.9. The topological polar surface area (TPSA) is 71.2 Å². The van der Waals surface area contributed by atoms with Crippen LogP contribution in [-0.4, -0.2) is 49.3 Å². The van der Waals surface area contributed by atoms with Gasteiger partial charge in [0.15, 0.2) is 17.3 Å². The highest BCUT2D eigenvalue weighted by Gasteiger charge is 2.31. The number of fused-ring (bicyclic) bond motifs is 1. The van der Waals surface area contributed by atoms with Crippen LogP contribution in [0.2, 0.25) is 0 Å². The van der Waals surface area contributed by atoms with E-state index in [0.29, 0.717) is 35.6 Å². The maximum Gasteiger partial charge on any atom is 0.243 e. The number of aromatic nitrogens is 5. The molecule has 0 saturated carbocycles. The summed E-state index contributed by atoms with van der Waals surface area (Å²) in [5.74, 6) is -0.886. The summed E-state index contributed by atoms with van der Waals surface area (Å²) in [6.07, 6.45) is 1.10. The summed E-state index contributed by atoms with van der Waals surface area (Å²) in [7, 11) is 0. The highest BCUT2D eigenvalue weighted by molar-refractivity contribution is 7.09. The average Bonchev–Trinajstić information content (AvgIpc) is 3.37. The van der Waals surface area contributed by atoms with E-state index in [2.05, 4.69) is 24.8 Å². The van der Waals surface area contributed by atoms with Gasteiger partial charge >= 0.3 is 0 Å². The van der Waals surface area contributed by atoms with Crippen LogP contribution in [-0.2, 0) is 0 Å². The highest BCUT2D eigenvalue weighted by atomic mass is 32.1. The molecule has 0 unspecified atom stereocenters. The lowest BCUT2D eigenvalue weighted by Crippen LogP contribution is -2.48. The van der Waals surface area contributed by atoms with Crippen LogP contribution in [0.15, 0.2) is 36.5 Å². The van der Waals surface area contributed by atoms with Crippen molar-refractivity contribution in [3.05, 3.63) is 54.0 Å². The van der Waals surface area contributed by atoms with Gasteiger partial charge in [-0.1, -0.05) is 6.07 Å². The van der Waals surface area contributed by atoms with Crippen LogP contribution < -0.4 is 10.2 Å². The molecule has 1 aromatic carbocycles. The molecule has 11 heteroatoms. The number of aryl methyl sites for hydroxylation is 1. The molecule has 2 atom stereocenters. The number of halogens is 3. The molecule has 0 amide bonds. The standard InChI is InChI=1S/C20H18F3N7S/c1-11-24-20(31-28-11)29-8-6-17(16(23)10-29)25-19-26-18-13(3-2-7-30(18)27-19)12-4-5-14(21)15(22)9-12/h2-5,7,9,16-17H,6,8,10H2,1H3,(H,25,27)/t16-,17+/m0/s1. The van der Waals surface area contributed by atoms with Gasteiger partial charge in [0.1, 0.15) is 12.0 Å². The number of hydrogen-bond acceptors (Lipinski definition) is 7. The first-order chi connectivity index (χ1) is 15.0. The molecule has 1 aliphatic heterocycles. The first kappa shape index (κ1) is 19.7. The molecule has 4 heterocycles. The molecule has 7 nitrogen and oxygen atoms in total. The third kappa shape index (κ3) is 3.80. The predicted molar refractivity (Wildman–Crippen MR) is 112 cm³/mol. The van der Waals surface area contributed by atoms with Gasteiger partial charge in [-0.3, -0.25) is 0 Å². The zero-order valence-corrected chi connectivity index (χ0v) is 17.3. The molecule has 0 aliphatic carbocycles. The summed E-state index contributed by atoms with van der Waals surface area (Å²) in [5, 5.41) is 8.18. The van der Waals surface area contributed by atoms with E-state index < -0.39 is 23.8 Å². The smallest absolute Gasteiger partial charge is 0.243 e. The molecule has 0 spiro atoms. The van der Waals surface area contributed by atoms with Crippen molar-refractivity contribution >= 4 is 28.3 Å². The second-order valence-corrected chi connectivity index (χ2v) is 8.11. The van der Waals surface area contributed by atoms with Crippen molar-refractivity contribution in [2.24, 2.45) is 0 Å². The minimum atomic E-state index is -1.14. The normalized spacial score (nSPS) is 19.2. The Morgan fingerprint density at radius 1 is 1.16 bits per heavy atom. The van der Waals surface area contributed by atoms with Crippen LogP contribution in [0.1, 0.15) is 12.2 Å². The average molecular weight is 445 g/mol. The van der Waals surface area contributed by atoms with E-state index in [0.717, 1.165) is 17.3 Å². The Morgan fingerprint density at radius 3 is 2.77 bits per heavy atom. The Kier molecular flexibility index (Phi) is 4.97. The van der Waals surface area contributed by atoms with Crippen LogP contribution in [0.3, 0.4) is 0 Å². The van der Waals surface area contributed by atoms with Gasteiger partial charge in [-0.2, -0.15) is 9.36 Å². The Labute approximate surface area is 179 Å². The summed E-state index contributed by atoms with van der Waals surface area (Å²) in [6.45, 7) is 2.66. The Balaban J connectivity index is 1.36. The first-order valence-corrected chi connectivity index (χ1v) is 10.5. The molecule has 3 aromatic heterocycles. The van der Waals surface area contributed by atoms with Crippen molar-refractivity contribution < 1.29 is 13.2 Å². The number of benzene rings is 1. The van der Waals surface area contributed by atoms with E-state index in [1.54, 1.807) is 18.3 Å². The third-order valence-electron chi connectivity index (χ3n) is 5.24. The molecular weight excluding hydrogens is 427 g/mol. The number of hydrogen-bond donors (Lipinski definition) is 1. The molecule has 0 bridgehead atoms. The van der Waals surface area contributed by atoms with Gasteiger partial charge in [-0.05, 0) is 43.2 Å². The van der Waals surface area contributed by atoms with Gasteiger partial charge in [0.2, 0.25) is 11.1 Å². The zero-order chi connectivity index (χ0) is 21.5. The number of rotatable bonds is 4. The van der Waals surface area contributed by atoms with Crippen molar-refractivity contribution in [3.8, 4) is 11.1 Å². The molecule has 1 N–H and O–H groups in total. The van der Waals surface area contributed by atoms with E-state index >= 15 is 0 Å². The first-order valence-electron chi connectivity index (χ1n) is 9.74. The summed E-state index contributed by atoms with van der Waals surface area (Å²) in [4.78, 5) is 10.7. The summed E-state index contributed by atoms with van der Waals surface area (Å²) < 4.78 is 47.6. The minimum Gasteiger partial charge on any atom is -0.347 e. The molecule has 1 saturated heterocycles. The Morgan fingerprint density at radius 2 is 2.03 bits per heavy atom. The number of alkyl halides is 1. The van der Waals surface area contributed by atoms with Crippen LogP contribution in [0, 0.1) is 18.6 Å². The fourth-order valence-electron chi connectivity index (χ4n) is 3.68.